The maximum absolute atomic E-state index is 13.7. The van der Waals surface area contributed by atoms with Crippen LogP contribution in [0.5, 0.6) is 5.75 Å². The first-order chi connectivity index (χ1) is 13.1. The van der Waals surface area contributed by atoms with Gasteiger partial charge in [-0.05, 0) is 36.4 Å². The predicted molar refractivity (Wildman–Crippen MR) is 104 cm³/mol. The van der Waals surface area contributed by atoms with Crippen molar-refractivity contribution in [2.75, 3.05) is 17.7 Å². The molecule has 0 unspecified atom stereocenters. The van der Waals surface area contributed by atoms with Crippen LogP contribution in [0.25, 0.3) is 0 Å². The second-order valence-electron chi connectivity index (χ2n) is 5.68. The van der Waals surface area contributed by atoms with Crippen molar-refractivity contribution in [2.24, 2.45) is 0 Å². The molecule has 0 fully saturated rings. The number of anilines is 2. The number of amides is 1. The number of nitrogens with zero attached hydrogens (tertiary/aromatic N) is 1. The molecule has 5 nitrogen and oxygen atoms in total. The molecule has 0 spiro atoms. The number of rotatable bonds is 6. The molecule has 7 heteroatoms. The average Bonchev–Trinajstić information content (AvgIpc) is 2.68. The summed E-state index contributed by atoms with van der Waals surface area (Å²) in [6.07, 6.45) is 1.51. The highest BCUT2D eigenvalue weighted by Gasteiger charge is 2.10. The number of ether oxygens (including phenoxy) is 1. The molecule has 0 saturated carbocycles. The van der Waals surface area contributed by atoms with Crippen LogP contribution in [0, 0.1) is 5.82 Å². The number of carbonyl (C=O) groups is 1. The number of carbonyl (C=O) groups excluding carboxylic acids is 1. The van der Waals surface area contributed by atoms with E-state index in [-0.39, 0.29) is 17.4 Å². The first-order valence-electron chi connectivity index (χ1n) is 8.15. The van der Waals surface area contributed by atoms with Crippen LogP contribution >= 0.6 is 11.6 Å². The second-order valence-corrected chi connectivity index (χ2v) is 6.09. The molecule has 2 aromatic carbocycles. The fraction of sp³-hybridized carbons (Fsp3) is 0.100. The highest BCUT2D eigenvalue weighted by molar-refractivity contribution is 6.32. The van der Waals surface area contributed by atoms with Crippen LogP contribution < -0.4 is 15.4 Å². The van der Waals surface area contributed by atoms with E-state index in [0.717, 1.165) is 0 Å². The van der Waals surface area contributed by atoms with Crippen LogP contribution in [-0.2, 0) is 6.54 Å². The Morgan fingerprint density at radius 1 is 1.15 bits per heavy atom. The summed E-state index contributed by atoms with van der Waals surface area (Å²) in [5.74, 6) is -0.147. The molecule has 3 aromatic rings. The van der Waals surface area contributed by atoms with Crippen LogP contribution in [0.15, 0.2) is 60.8 Å². The third-order valence-corrected chi connectivity index (χ3v) is 4.14. The summed E-state index contributed by atoms with van der Waals surface area (Å²) in [7, 11) is 1.52. The quantitative estimate of drug-likeness (QED) is 0.643. The number of aromatic nitrogens is 1. The standard InChI is InChI=1S/C20H17ClFN3O2/c1-27-19-7-6-15(10-16(19)21)25-20(26)18-11-14(8-9-23-18)24-12-13-4-2-3-5-17(13)22/h2-11H,12H2,1H3,(H,23,24)(H,25,26). The minimum Gasteiger partial charge on any atom is -0.495 e. The number of hydrogen-bond acceptors (Lipinski definition) is 4. The van der Waals surface area contributed by atoms with Crippen molar-refractivity contribution in [1.82, 2.24) is 4.98 Å². The van der Waals surface area contributed by atoms with E-state index in [4.69, 9.17) is 16.3 Å². The fourth-order valence-corrected chi connectivity index (χ4v) is 2.70. The van der Waals surface area contributed by atoms with Gasteiger partial charge in [-0.15, -0.1) is 0 Å². The maximum atomic E-state index is 13.7. The van der Waals surface area contributed by atoms with Crippen LogP contribution in [0.3, 0.4) is 0 Å². The lowest BCUT2D eigenvalue weighted by molar-refractivity contribution is 0.102. The van der Waals surface area contributed by atoms with E-state index in [9.17, 15) is 9.18 Å². The van der Waals surface area contributed by atoms with Gasteiger partial charge in [0.2, 0.25) is 0 Å². The zero-order valence-electron chi connectivity index (χ0n) is 14.5. The molecule has 0 bridgehead atoms. The van der Waals surface area contributed by atoms with Crippen LogP contribution in [-0.4, -0.2) is 18.0 Å². The van der Waals surface area contributed by atoms with Crippen molar-refractivity contribution in [3.8, 4) is 5.75 Å². The summed E-state index contributed by atoms with van der Waals surface area (Å²) in [5, 5.41) is 6.21. The number of hydrogen-bond donors (Lipinski definition) is 2. The molecule has 3 rings (SSSR count). The van der Waals surface area contributed by atoms with Gasteiger partial charge >= 0.3 is 0 Å². The minimum atomic E-state index is -0.384. The summed E-state index contributed by atoms with van der Waals surface area (Å²) in [5.41, 5.74) is 1.94. The molecule has 0 radical (unpaired) electrons. The van der Waals surface area contributed by atoms with Crippen molar-refractivity contribution in [3.63, 3.8) is 0 Å². The Morgan fingerprint density at radius 2 is 1.96 bits per heavy atom. The Kier molecular flexibility index (Phi) is 5.88. The van der Waals surface area contributed by atoms with Gasteiger partial charge in [-0.1, -0.05) is 29.8 Å². The van der Waals surface area contributed by atoms with Crippen molar-refractivity contribution in [3.05, 3.63) is 82.9 Å². The van der Waals surface area contributed by atoms with E-state index in [1.165, 1.54) is 19.4 Å². The Bertz CT molecular complexity index is 965. The summed E-state index contributed by atoms with van der Waals surface area (Å²) in [4.78, 5) is 16.5. The number of nitrogens with one attached hydrogen (secondary N) is 2. The van der Waals surface area contributed by atoms with Gasteiger partial charge in [0.15, 0.2) is 0 Å². The molecule has 0 aliphatic heterocycles. The zero-order chi connectivity index (χ0) is 19.2. The lowest BCUT2D eigenvalue weighted by atomic mass is 10.2. The van der Waals surface area contributed by atoms with E-state index in [1.54, 1.807) is 48.5 Å². The molecule has 1 heterocycles. The van der Waals surface area contributed by atoms with Gasteiger partial charge in [0.05, 0.1) is 12.1 Å². The lowest BCUT2D eigenvalue weighted by Crippen LogP contribution is -2.14. The molecule has 0 aliphatic carbocycles. The lowest BCUT2D eigenvalue weighted by Gasteiger charge is -2.10. The molecule has 27 heavy (non-hydrogen) atoms. The zero-order valence-corrected chi connectivity index (χ0v) is 15.3. The highest BCUT2D eigenvalue weighted by Crippen LogP contribution is 2.27. The minimum absolute atomic E-state index is 0.223. The monoisotopic (exact) mass is 385 g/mol. The number of halogens is 2. The predicted octanol–water partition coefficient (Wildman–Crippen LogP) is 4.75. The Labute approximate surface area is 161 Å². The van der Waals surface area contributed by atoms with E-state index >= 15 is 0 Å². The van der Waals surface area contributed by atoms with Gasteiger partial charge < -0.3 is 15.4 Å². The van der Waals surface area contributed by atoms with E-state index in [1.807, 2.05) is 0 Å². The van der Waals surface area contributed by atoms with Gasteiger partial charge in [-0.3, -0.25) is 9.78 Å². The molecule has 1 amide bonds. The first-order valence-corrected chi connectivity index (χ1v) is 8.53. The van der Waals surface area contributed by atoms with E-state index in [0.29, 0.717) is 34.3 Å². The average molecular weight is 386 g/mol. The topological polar surface area (TPSA) is 63.2 Å². The number of pyridine rings is 1. The maximum Gasteiger partial charge on any atom is 0.274 e. The van der Waals surface area contributed by atoms with Gasteiger partial charge in [0, 0.05) is 29.7 Å². The highest BCUT2D eigenvalue weighted by atomic mass is 35.5. The van der Waals surface area contributed by atoms with Gasteiger partial charge in [0.25, 0.3) is 5.91 Å². The SMILES string of the molecule is COc1ccc(NC(=O)c2cc(NCc3ccccc3F)ccn2)cc1Cl. The third kappa shape index (κ3) is 4.74. The van der Waals surface area contributed by atoms with E-state index < -0.39 is 0 Å². The summed E-state index contributed by atoms with van der Waals surface area (Å²) >= 11 is 6.06. The fourth-order valence-electron chi connectivity index (χ4n) is 2.44. The molecule has 1 aromatic heterocycles. The Hall–Kier alpha value is -3.12. The normalized spacial score (nSPS) is 10.3. The van der Waals surface area contributed by atoms with E-state index in [2.05, 4.69) is 15.6 Å². The van der Waals surface area contributed by atoms with Crippen molar-refractivity contribution >= 4 is 28.9 Å². The van der Waals surface area contributed by atoms with Crippen molar-refractivity contribution < 1.29 is 13.9 Å². The summed E-state index contributed by atoms with van der Waals surface area (Å²) in [6.45, 7) is 0.297. The molecular formula is C20H17ClFN3O2. The second kappa shape index (κ2) is 8.51. The molecule has 138 valence electrons. The van der Waals surface area contributed by atoms with Crippen LogP contribution in [0.4, 0.5) is 15.8 Å². The molecule has 2 N–H and O–H groups in total. The van der Waals surface area contributed by atoms with Gasteiger partial charge in [0.1, 0.15) is 17.3 Å². The summed E-state index contributed by atoms with van der Waals surface area (Å²) in [6, 6.07) is 14.8. The molecule has 0 aliphatic rings. The Morgan fingerprint density at radius 3 is 2.70 bits per heavy atom. The number of benzene rings is 2. The largest absolute Gasteiger partial charge is 0.495 e. The van der Waals surface area contributed by atoms with Crippen LogP contribution in [0.2, 0.25) is 5.02 Å². The molecule has 0 saturated heterocycles. The van der Waals surface area contributed by atoms with Gasteiger partial charge in [-0.2, -0.15) is 0 Å². The summed E-state index contributed by atoms with van der Waals surface area (Å²) < 4.78 is 18.8. The van der Waals surface area contributed by atoms with Crippen molar-refractivity contribution in [1.29, 1.82) is 0 Å². The van der Waals surface area contributed by atoms with Crippen LogP contribution in [0.1, 0.15) is 16.1 Å². The smallest absolute Gasteiger partial charge is 0.274 e. The van der Waals surface area contributed by atoms with Gasteiger partial charge in [-0.25, -0.2) is 4.39 Å². The molecule has 0 atom stereocenters. The number of methoxy groups -OCH3 is 1. The molecular weight excluding hydrogens is 369 g/mol. The third-order valence-electron chi connectivity index (χ3n) is 3.84. The Balaban J connectivity index is 1.68. The van der Waals surface area contributed by atoms with Crippen molar-refractivity contribution in [2.45, 2.75) is 6.54 Å². The first kappa shape index (κ1) is 18.7.